The minimum atomic E-state index is -0.417. The van der Waals surface area contributed by atoms with Gasteiger partial charge in [0.15, 0.2) is 0 Å². The number of piperidine rings is 1. The highest BCUT2D eigenvalue weighted by Crippen LogP contribution is 2.14. The zero-order chi connectivity index (χ0) is 13.7. The van der Waals surface area contributed by atoms with Gasteiger partial charge in [-0.05, 0) is 56.8 Å². The fourth-order valence-electron chi connectivity index (χ4n) is 2.48. The Bertz CT molecular complexity index is 442. The van der Waals surface area contributed by atoms with E-state index in [4.69, 9.17) is 0 Å². The molecule has 0 saturated carbocycles. The molecule has 1 fully saturated rings. The summed E-state index contributed by atoms with van der Waals surface area (Å²) in [4.78, 5) is 11.9. The number of amides is 1. The second-order valence-electron chi connectivity index (χ2n) is 5.19. The molecule has 0 bridgehead atoms. The number of halogens is 1. The first-order valence-electron chi connectivity index (χ1n) is 6.92. The number of aryl methyl sites for hydroxylation is 1. The minimum absolute atomic E-state index is 0.141. The van der Waals surface area contributed by atoms with Gasteiger partial charge in [-0.15, -0.1) is 0 Å². The van der Waals surface area contributed by atoms with Crippen LogP contribution >= 0.6 is 0 Å². The van der Waals surface area contributed by atoms with E-state index >= 15 is 0 Å². The first-order valence-corrected chi connectivity index (χ1v) is 6.92. The summed E-state index contributed by atoms with van der Waals surface area (Å²) in [5, 5.41) is 6.16. The van der Waals surface area contributed by atoms with Crippen molar-refractivity contribution in [3.8, 4) is 0 Å². The van der Waals surface area contributed by atoms with Crippen molar-refractivity contribution in [2.45, 2.75) is 26.2 Å². The standard InChI is InChI=1S/C15H21FN2O/c1-11-4-2-6-13(14(11)16)15(19)18-9-7-12-5-3-8-17-10-12/h2,4,6,12,17H,3,5,7-10H2,1H3,(H,18,19). The molecule has 0 spiro atoms. The molecule has 0 aliphatic carbocycles. The highest BCUT2D eigenvalue weighted by molar-refractivity contribution is 5.94. The van der Waals surface area contributed by atoms with Crippen molar-refractivity contribution in [2.75, 3.05) is 19.6 Å². The monoisotopic (exact) mass is 264 g/mol. The lowest BCUT2D eigenvalue weighted by molar-refractivity contribution is 0.0946. The normalized spacial score (nSPS) is 19.2. The van der Waals surface area contributed by atoms with E-state index in [1.54, 1.807) is 19.1 Å². The van der Waals surface area contributed by atoms with Crippen LogP contribution in [0.4, 0.5) is 4.39 Å². The van der Waals surface area contributed by atoms with Gasteiger partial charge in [-0.3, -0.25) is 4.79 Å². The van der Waals surface area contributed by atoms with Crippen LogP contribution in [-0.2, 0) is 0 Å². The highest BCUT2D eigenvalue weighted by Gasteiger charge is 2.15. The lowest BCUT2D eigenvalue weighted by Gasteiger charge is -2.22. The van der Waals surface area contributed by atoms with Crippen LogP contribution < -0.4 is 10.6 Å². The molecule has 1 aromatic rings. The van der Waals surface area contributed by atoms with Crippen LogP contribution in [0.2, 0.25) is 0 Å². The van der Waals surface area contributed by atoms with Crippen LogP contribution in [0.15, 0.2) is 18.2 Å². The number of nitrogens with one attached hydrogen (secondary N) is 2. The third kappa shape index (κ3) is 3.77. The van der Waals surface area contributed by atoms with Crippen molar-refractivity contribution in [3.05, 3.63) is 35.1 Å². The van der Waals surface area contributed by atoms with E-state index < -0.39 is 5.82 Å². The maximum absolute atomic E-state index is 13.8. The van der Waals surface area contributed by atoms with Crippen molar-refractivity contribution in [2.24, 2.45) is 5.92 Å². The van der Waals surface area contributed by atoms with Crippen LogP contribution in [0.1, 0.15) is 35.2 Å². The predicted octanol–water partition coefficient (Wildman–Crippen LogP) is 2.25. The van der Waals surface area contributed by atoms with Gasteiger partial charge in [0.2, 0.25) is 0 Å². The van der Waals surface area contributed by atoms with Crippen LogP contribution in [0.25, 0.3) is 0 Å². The van der Waals surface area contributed by atoms with Gasteiger partial charge in [0.05, 0.1) is 5.56 Å². The predicted molar refractivity (Wildman–Crippen MR) is 73.7 cm³/mol. The van der Waals surface area contributed by atoms with Crippen LogP contribution in [-0.4, -0.2) is 25.5 Å². The van der Waals surface area contributed by atoms with E-state index in [0.29, 0.717) is 18.0 Å². The van der Waals surface area contributed by atoms with E-state index in [1.807, 2.05) is 0 Å². The third-order valence-corrected chi connectivity index (χ3v) is 3.67. The molecular formula is C15H21FN2O. The summed E-state index contributed by atoms with van der Waals surface area (Å²) in [6, 6.07) is 4.90. The Labute approximate surface area is 113 Å². The molecule has 2 rings (SSSR count). The summed E-state index contributed by atoms with van der Waals surface area (Å²) >= 11 is 0. The molecule has 1 atom stereocenters. The summed E-state index contributed by atoms with van der Waals surface area (Å²) < 4.78 is 13.8. The van der Waals surface area contributed by atoms with E-state index in [-0.39, 0.29) is 11.5 Å². The van der Waals surface area contributed by atoms with Gasteiger partial charge in [0.1, 0.15) is 5.82 Å². The summed E-state index contributed by atoms with van der Waals surface area (Å²) in [6.07, 6.45) is 3.36. The Morgan fingerprint density at radius 1 is 1.53 bits per heavy atom. The van der Waals surface area contributed by atoms with Gasteiger partial charge in [-0.1, -0.05) is 12.1 Å². The van der Waals surface area contributed by atoms with E-state index in [0.717, 1.165) is 19.5 Å². The van der Waals surface area contributed by atoms with Gasteiger partial charge in [-0.2, -0.15) is 0 Å². The molecule has 4 heteroatoms. The molecule has 0 radical (unpaired) electrons. The first kappa shape index (κ1) is 14.0. The van der Waals surface area contributed by atoms with E-state index in [2.05, 4.69) is 10.6 Å². The molecule has 1 aromatic carbocycles. The number of carbonyl (C=O) groups is 1. The Morgan fingerprint density at radius 3 is 3.11 bits per heavy atom. The number of rotatable bonds is 4. The molecule has 1 aliphatic heterocycles. The highest BCUT2D eigenvalue weighted by atomic mass is 19.1. The van der Waals surface area contributed by atoms with Crippen LogP contribution in [0.5, 0.6) is 0 Å². The zero-order valence-electron chi connectivity index (χ0n) is 11.3. The van der Waals surface area contributed by atoms with Gasteiger partial charge in [-0.25, -0.2) is 4.39 Å². The second-order valence-corrected chi connectivity index (χ2v) is 5.19. The number of hydrogen-bond donors (Lipinski definition) is 2. The molecule has 0 aromatic heterocycles. The minimum Gasteiger partial charge on any atom is -0.352 e. The van der Waals surface area contributed by atoms with E-state index in [1.165, 1.54) is 18.9 Å². The molecule has 19 heavy (non-hydrogen) atoms. The lowest BCUT2D eigenvalue weighted by atomic mass is 9.96. The Balaban J connectivity index is 1.82. The number of hydrogen-bond acceptors (Lipinski definition) is 2. The molecule has 2 N–H and O–H groups in total. The smallest absolute Gasteiger partial charge is 0.254 e. The van der Waals surface area contributed by atoms with Gasteiger partial charge in [0.25, 0.3) is 5.91 Å². The summed E-state index contributed by atoms with van der Waals surface area (Å²) in [6.45, 7) is 4.39. The SMILES string of the molecule is Cc1cccc(C(=O)NCCC2CCCNC2)c1F. The fraction of sp³-hybridized carbons (Fsp3) is 0.533. The van der Waals surface area contributed by atoms with Crippen molar-refractivity contribution in [1.29, 1.82) is 0 Å². The molecule has 3 nitrogen and oxygen atoms in total. The Morgan fingerprint density at radius 2 is 2.37 bits per heavy atom. The van der Waals surface area contributed by atoms with Crippen molar-refractivity contribution < 1.29 is 9.18 Å². The van der Waals surface area contributed by atoms with Crippen LogP contribution in [0.3, 0.4) is 0 Å². The van der Waals surface area contributed by atoms with Gasteiger partial charge < -0.3 is 10.6 Å². The first-order chi connectivity index (χ1) is 9.18. The summed E-state index contributed by atoms with van der Waals surface area (Å²) in [5.41, 5.74) is 0.644. The lowest BCUT2D eigenvalue weighted by Crippen LogP contribution is -2.33. The summed E-state index contributed by atoms with van der Waals surface area (Å²) in [7, 11) is 0. The average Bonchev–Trinajstić information content (AvgIpc) is 2.43. The van der Waals surface area contributed by atoms with E-state index in [9.17, 15) is 9.18 Å². The largest absolute Gasteiger partial charge is 0.352 e. The van der Waals surface area contributed by atoms with Crippen molar-refractivity contribution >= 4 is 5.91 Å². The third-order valence-electron chi connectivity index (χ3n) is 3.67. The molecule has 1 amide bonds. The van der Waals surface area contributed by atoms with Crippen molar-refractivity contribution in [1.82, 2.24) is 10.6 Å². The van der Waals surface area contributed by atoms with Crippen LogP contribution in [0, 0.1) is 18.7 Å². The maximum Gasteiger partial charge on any atom is 0.254 e. The second kappa shape index (κ2) is 6.66. The Hall–Kier alpha value is -1.42. The number of carbonyl (C=O) groups excluding carboxylic acids is 1. The average molecular weight is 264 g/mol. The van der Waals surface area contributed by atoms with Crippen molar-refractivity contribution in [3.63, 3.8) is 0 Å². The fourth-order valence-corrected chi connectivity index (χ4v) is 2.48. The zero-order valence-corrected chi connectivity index (χ0v) is 11.3. The summed E-state index contributed by atoms with van der Waals surface area (Å²) in [5.74, 6) is -0.110. The van der Waals surface area contributed by atoms with Gasteiger partial charge in [0, 0.05) is 6.54 Å². The number of benzene rings is 1. The Kier molecular flexibility index (Phi) is 4.91. The molecule has 1 aliphatic rings. The quantitative estimate of drug-likeness (QED) is 0.875. The molecular weight excluding hydrogens is 243 g/mol. The molecule has 1 heterocycles. The topological polar surface area (TPSA) is 41.1 Å². The molecule has 1 unspecified atom stereocenters. The maximum atomic E-state index is 13.8. The molecule has 1 saturated heterocycles. The molecule has 104 valence electrons. The van der Waals surface area contributed by atoms with Gasteiger partial charge >= 0.3 is 0 Å².